The Labute approximate surface area is 141 Å². The fourth-order valence-corrected chi connectivity index (χ4v) is 24.0. The van der Waals surface area contributed by atoms with E-state index in [1.54, 1.807) is 0 Å². The van der Waals surface area contributed by atoms with E-state index in [0.29, 0.717) is 0 Å². The molecular formula is C14H40N6Si2. The van der Waals surface area contributed by atoms with Gasteiger partial charge < -0.3 is 27.4 Å². The zero-order chi connectivity index (χ0) is 17.9. The first kappa shape index (κ1) is 22.2. The molecule has 8 heteroatoms. The van der Waals surface area contributed by atoms with E-state index in [1.165, 1.54) is 6.42 Å². The summed E-state index contributed by atoms with van der Waals surface area (Å²) in [7, 11) is 20.6. The molecule has 0 N–H and O–H groups in total. The van der Waals surface area contributed by atoms with Crippen molar-refractivity contribution in [3.8, 4) is 0 Å². The van der Waals surface area contributed by atoms with Gasteiger partial charge in [0.05, 0.1) is 0 Å². The van der Waals surface area contributed by atoms with E-state index in [9.17, 15) is 0 Å². The second-order valence-electron chi connectivity index (χ2n) is 7.16. The molecule has 0 saturated heterocycles. The molecule has 0 aliphatic rings. The highest BCUT2D eigenvalue weighted by molar-refractivity contribution is 7.35. The Balaban J connectivity index is 6.66. The summed E-state index contributed by atoms with van der Waals surface area (Å²) in [6.45, 7) is 3.39. The van der Waals surface area contributed by atoms with Crippen LogP contribution in [0.4, 0.5) is 0 Å². The third-order valence-electron chi connectivity index (χ3n) is 4.66. The summed E-state index contributed by atoms with van der Waals surface area (Å²) < 4.78 is 15.2. The van der Waals surface area contributed by atoms with E-state index in [2.05, 4.69) is 112 Å². The van der Waals surface area contributed by atoms with Gasteiger partial charge in [0.2, 0.25) is 0 Å². The minimum Gasteiger partial charge on any atom is -0.304 e. The topological polar surface area (TPSA) is 19.4 Å². The van der Waals surface area contributed by atoms with Crippen LogP contribution in [0.3, 0.4) is 0 Å². The van der Waals surface area contributed by atoms with E-state index < -0.39 is 16.2 Å². The van der Waals surface area contributed by atoms with Gasteiger partial charge in [0, 0.05) is 0 Å². The highest BCUT2D eigenvalue weighted by atomic mass is 29.3. The van der Waals surface area contributed by atoms with Crippen LogP contribution in [0, 0.1) is 0 Å². The molecule has 0 radical (unpaired) electrons. The minimum atomic E-state index is -2.13. The van der Waals surface area contributed by atoms with E-state index in [-0.39, 0.29) is 0 Å². The highest BCUT2D eigenvalue weighted by Gasteiger charge is 2.68. The van der Waals surface area contributed by atoms with Crippen molar-refractivity contribution in [3.05, 3.63) is 0 Å². The third kappa shape index (κ3) is 3.20. The first-order valence-electron chi connectivity index (χ1n) is 8.03. The molecule has 0 aromatic heterocycles. The summed E-state index contributed by atoms with van der Waals surface area (Å²) in [6, 6.07) is 0. The monoisotopic (exact) mass is 348 g/mol. The molecule has 0 aromatic carbocycles. The van der Waals surface area contributed by atoms with Crippen molar-refractivity contribution in [3.63, 3.8) is 0 Å². The number of nitrogens with zero attached hydrogens (tertiary/aromatic N) is 6. The van der Waals surface area contributed by atoms with Crippen molar-refractivity contribution in [2.24, 2.45) is 0 Å². The Morgan fingerprint density at radius 1 is 0.500 bits per heavy atom. The third-order valence-corrected chi connectivity index (χ3v) is 23.6. The lowest BCUT2D eigenvalue weighted by molar-refractivity contribution is 0.317. The highest BCUT2D eigenvalue weighted by Crippen LogP contribution is 2.31. The lowest BCUT2D eigenvalue weighted by Gasteiger charge is -2.62. The Bertz CT molecular complexity index is 304. The van der Waals surface area contributed by atoms with Crippen LogP contribution in [0.25, 0.3) is 0 Å². The van der Waals surface area contributed by atoms with Gasteiger partial charge in [-0.1, -0.05) is 6.92 Å². The Morgan fingerprint density at radius 2 is 0.773 bits per heavy atom. The van der Waals surface area contributed by atoms with Crippen molar-refractivity contribution < 1.29 is 0 Å². The summed E-state index contributed by atoms with van der Waals surface area (Å²) in [5.41, 5.74) is 0. The molecule has 0 aliphatic heterocycles. The normalized spacial score (nSPS) is 14.5. The number of hydrogen-bond acceptors (Lipinski definition) is 6. The molecular weight excluding hydrogens is 308 g/mol. The molecule has 0 saturated carbocycles. The second-order valence-corrected chi connectivity index (χ2v) is 19.0. The first-order chi connectivity index (χ1) is 9.95. The second kappa shape index (κ2) is 8.34. The quantitative estimate of drug-likeness (QED) is 0.546. The van der Waals surface area contributed by atoms with Gasteiger partial charge in [-0.05, 0) is 90.5 Å². The average molecular weight is 349 g/mol. The van der Waals surface area contributed by atoms with Gasteiger partial charge in [0.25, 0.3) is 0 Å². The molecule has 0 aliphatic carbocycles. The van der Waals surface area contributed by atoms with Gasteiger partial charge >= 0.3 is 16.2 Å². The zero-order valence-corrected chi connectivity index (χ0v) is 19.1. The fourth-order valence-electron chi connectivity index (χ4n) is 4.53. The maximum atomic E-state index is 2.65. The maximum Gasteiger partial charge on any atom is 0.326 e. The molecule has 6 nitrogen and oxygen atoms in total. The predicted octanol–water partition coefficient (Wildman–Crippen LogP) is 0.0924. The summed E-state index contributed by atoms with van der Waals surface area (Å²) in [6.07, 6.45) is 1.17. The summed E-state index contributed by atoms with van der Waals surface area (Å²) >= 11 is 0. The molecule has 0 atom stereocenters. The fraction of sp³-hybridized carbons (Fsp3) is 1.00. The molecule has 134 valence electrons. The Kier molecular flexibility index (Phi) is 8.41. The van der Waals surface area contributed by atoms with Crippen LogP contribution in [0.1, 0.15) is 13.3 Å². The van der Waals surface area contributed by atoms with Crippen molar-refractivity contribution in [1.29, 1.82) is 0 Å². The van der Waals surface area contributed by atoms with Crippen molar-refractivity contribution in [1.82, 2.24) is 27.4 Å². The van der Waals surface area contributed by atoms with Crippen LogP contribution in [0.2, 0.25) is 0 Å². The van der Waals surface area contributed by atoms with Crippen LogP contribution in [-0.2, 0) is 0 Å². The molecule has 0 fully saturated rings. The molecule has 0 spiro atoms. The first-order valence-corrected chi connectivity index (χ1v) is 12.7. The van der Waals surface area contributed by atoms with Crippen LogP contribution < -0.4 is 0 Å². The van der Waals surface area contributed by atoms with Crippen LogP contribution in [-0.4, -0.2) is 128 Å². The Morgan fingerprint density at radius 3 is 0.955 bits per heavy atom. The van der Waals surface area contributed by atoms with Gasteiger partial charge in [0.15, 0.2) is 0 Å². The predicted molar refractivity (Wildman–Crippen MR) is 103 cm³/mol. The van der Waals surface area contributed by atoms with Gasteiger partial charge in [-0.2, -0.15) is 0 Å². The molecule has 0 rings (SSSR count). The smallest absolute Gasteiger partial charge is 0.304 e. The summed E-state index contributed by atoms with van der Waals surface area (Å²) in [5, 5.41) is 0. The van der Waals surface area contributed by atoms with E-state index >= 15 is 0 Å². The maximum absolute atomic E-state index is 2.65. The van der Waals surface area contributed by atoms with Gasteiger partial charge in [0.1, 0.15) is 0 Å². The van der Waals surface area contributed by atoms with Crippen molar-refractivity contribution >= 4 is 16.2 Å². The largest absolute Gasteiger partial charge is 0.326 e. The molecule has 22 heavy (non-hydrogen) atoms. The van der Waals surface area contributed by atoms with Crippen molar-refractivity contribution in [2.75, 3.05) is 84.1 Å². The molecule has 0 unspecified atom stereocenters. The molecule has 0 amide bonds. The van der Waals surface area contributed by atoms with E-state index in [4.69, 9.17) is 0 Å². The van der Waals surface area contributed by atoms with Crippen LogP contribution >= 0.6 is 0 Å². The molecule has 0 bridgehead atoms. The summed E-state index contributed by atoms with van der Waals surface area (Å²) in [5.74, 6) is 0. The van der Waals surface area contributed by atoms with E-state index in [1.807, 2.05) is 0 Å². The zero-order valence-electron chi connectivity index (χ0n) is 17.1. The van der Waals surface area contributed by atoms with Gasteiger partial charge in [-0.3, -0.25) is 0 Å². The minimum absolute atomic E-state index is 1.12. The van der Waals surface area contributed by atoms with Crippen LogP contribution in [0.5, 0.6) is 0 Å². The van der Waals surface area contributed by atoms with Crippen LogP contribution in [0.15, 0.2) is 0 Å². The van der Waals surface area contributed by atoms with E-state index in [0.717, 1.165) is 6.54 Å². The standard InChI is InChI=1S/C14H40N6Si2/c1-13-14-20(12)22(18(8)9,19(10)11)21(15(2)3,16(4)5)17(6)7/h13-14H2,1-12H3. The number of hydrogen-bond donors (Lipinski definition) is 0. The Hall–Kier alpha value is 0.194. The van der Waals surface area contributed by atoms with Gasteiger partial charge in [-0.25, -0.2) is 0 Å². The van der Waals surface area contributed by atoms with Crippen molar-refractivity contribution in [2.45, 2.75) is 13.3 Å². The number of rotatable bonds is 9. The SMILES string of the molecule is CCCN(C)[Si](N(C)C)(N(C)C)[Si](N(C)C)(N(C)C)N(C)C. The molecule has 0 aromatic rings. The lowest BCUT2D eigenvalue weighted by Crippen LogP contribution is -2.96. The van der Waals surface area contributed by atoms with Gasteiger partial charge in [-0.15, -0.1) is 0 Å². The average Bonchev–Trinajstić information content (AvgIpc) is 2.32. The molecule has 0 heterocycles. The summed E-state index contributed by atoms with van der Waals surface area (Å²) in [4.78, 5) is 0. The lowest BCUT2D eigenvalue weighted by atomic mass is 10.5.